The first-order valence-corrected chi connectivity index (χ1v) is 7.30. The summed E-state index contributed by atoms with van der Waals surface area (Å²) in [4.78, 5) is 5.36. The Morgan fingerprint density at radius 3 is 2.76 bits per heavy atom. The number of benzene rings is 2. The van der Waals surface area contributed by atoms with Crippen molar-refractivity contribution < 1.29 is 4.74 Å². The van der Waals surface area contributed by atoms with Gasteiger partial charge in [0.05, 0.1) is 13.7 Å². The molecule has 0 heterocycles. The van der Waals surface area contributed by atoms with Crippen LogP contribution in [0.4, 0.5) is 0 Å². The Labute approximate surface area is 131 Å². The van der Waals surface area contributed by atoms with Crippen molar-refractivity contribution in [1.82, 2.24) is 0 Å². The maximum atomic E-state index is 5.41. The van der Waals surface area contributed by atoms with Crippen LogP contribution in [0.2, 0.25) is 0 Å². The van der Waals surface area contributed by atoms with Crippen molar-refractivity contribution >= 4 is 23.3 Å². The summed E-state index contributed by atoms with van der Waals surface area (Å²) in [6.07, 6.45) is 2.61. The minimum Gasteiger partial charge on any atom is -0.496 e. The zero-order valence-electron chi connectivity index (χ0n) is 12.4. The number of rotatable bonds is 6. The van der Waals surface area contributed by atoms with Crippen LogP contribution in [0, 0.1) is 6.92 Å². The van der Waals surface area contributed by atoms with Crippen LogP contribution in [0.5, 0.6) is 5.75 Å². The van der Waals surface area contributed by atoms with Gasteiger partial charge in [-0.2, -0.15) is 0 Å². The minimum atomic E-state index is 0.557. The van der Waals surface area contributed by atoms with Crippen LogP contribution in [-0.4, -0.2) is 24.7 Å². The number of aliphatic imine (C=N–C) groups is 1. The predicted molar refractivity (Wildman–Crippen MR) is 92.9 cm³/mol. The molecule has 0 aliphatic rings. The molecule has 0 saturated heterocycles. The molecule has 0 unspecified atom stereocenters. The van der Waals surface area contributed by atoms with Gasteiger partial charge in [-0.3, -0.25) is 4.99 Å². The molecule has 2 nitrogen and oxygen atoms in total. The topological polar surface area (TPSA) is 21.6 Å². The Hall–Kier alpha value is -2.00. The lowest BCUT2D eigenvalue weighted by molar-refractivity contribution is 0.414. The number of thiocarbonyl (C=S) groups is 1. The molecule has 21 heavy (non-hydrogen) atoms. The van der Waals surface area contributed by atoms with Crippen LogP contribution in [0.1, 0.15) is 16.7 Å². The lowest BCUT2D eigenvalue weighted by atomic mass is 10.1. The average molecular weight is 297 g/mol. The van der Waals surface area contributed by atoms with E-state index in [2.05, 4.69) is 36.2 Å². The summed E-state index contributed by atoms with van der Waals surface area (Å²) < 4.78 is 5.29. The average Bonchev–Trinajstić information content (AvgIpc) is 2.47. The highest BCUT2D eigenvalue weighted by Gasteiger charge is 2.00. The third kappa shape index (κ3) is 4.80. The number of para-hydroxylation sites is 1. The Morgan fingerprint density at radius 2 is 2.00 bits per heavy atom. The highest BCUT2D eigenvalue weighted by Crippen LogP contribution is 2.14. The molecule has 0 saturated carbocycles. The van der Waals surface area contributed by atoms with Gasteiger partial charge in [-0.05, 0) is 24.6 Å². The summed E-state index contributed by atoms with van der Waals surface area (Å²) in [5.41, 5.74) is 3.47. The third-order valence-electron chi connectivity index (χ3n) is 3.12. The largest absolute Gasteiger partial charge is 0.496 e. The molecule has 3 heteroatoms. The maximum Gasteiger partial charge on any atom is 0.127 e. The summed E-state index contributed by atoms with van der Waals surface area (Å²) in [5, 5.41) is 0. The summed E-state index contributed by atoms with van der Waals surface area (Å²) in [7, 11) is 1.66. The predicted octanol–water partition coefficient (Wildman–Crippen LogP) is 4.04. The van der Waals surface area contributed by atoms with Gasteiger partial charge in [-0.15, -0.1) is 0 Å². The number of nitrogens with zero attached hydrogens (tertiary/aromatic N) is 1. The smallest absolute Gasteiger partial charge is 0.127 e. The SMILES string of the molecule is COc1ccccc1C=NCC(=S)Cc1cccc(C)c1. The van der Waals surface area contributed by atoms with Gasteiger partial charge >= 0.3 is 0 Å². The van der Waals surface area contributed by atoms with E-state index < -0.39 is 0 Å². The minimum absolute atomic E-state index is 0.557. The number of aryl methyl sites for hydroxylation is 1. The highest BCUT2D eigenvalue weighted by atomic mass is 32.1. The molecule has 0 aliphatic carbocycles. The maximum absolute atomic E-state index is 5.41. The number of hydrogen-bond acceptors (Lipinski definition) is 3. The molecule has 2 aromatic rings. The number of methoxy groups -OCH3 is 1. The van der Waals surface area contributed by atoms with Crippen molar-refractivity contribution in [1.29, 1.82) is 0 Å². The normalized spacial score (nSPS) is 10.8. The fraction of sp³-hybridized carbons (Fsp3) is 0.222. The van der Waals surface area contributed by atoms with Gasteiger partial charge in [0, 0.05) is 23.1 Å². The quantitative estimate of drug-likeness (QED) is 0.593. The van der Waals surface area contributed by atoms with Crippen LogP contribution in [-0.2, 0) is 6.42 Å². The van der Waals surface area contributed by atoms with Crippen molar-refractivity contribution in [2.75, 3.05) is 13.7 Å². The lowest BCUT2D eigenvalue weighted by Crippen LogP contribution is -2.04. The number of hydrogen-bond donors (Lipinski definition) is 0. The Balaban J connectivity index is 1.93. The molecule has 0 aromatic heterocycles. The van der Waals surface area contributed by atoms with Crippen molar-refractivity contribution in [3.8, 4) is 5.75 Å². The summed E-state index contributed by atoms with van der Waals surface area (Å²) in [6, 6.07) is 16.2. The van der Waals surface area contributed by atoms with E-state index in [-0.39, 0.29) is 0 Å². The Kier molecular flexibility index (Phi) is 5.64. The van der Waals surface area contributed by atoms with E-state index >= 15 is 0 Å². The van der Waals surface area contributed by atoms with Gasteiger partial charge in [0.25, 0.3) is 0 Å². The van der Waals surface area contributed by atoms with Gasteiger partial charge in [0.15, 0.2) is 0 Å². The first-order valence-electron chi connectivity index (χ1n) is 6.89. The van der Waals surface area contributed by atoms with Gasteiger partial charge in [-0.1, -0.05) is 54.2 Å². The lowest BCUT2D eigenvalue weighted by Gasteiger charge is -2.04. The van der Waals surface area contributed by atoms with Crippen LogP contribution in [0.3, 0.4) is 0 Å². The number of ether oxygens (including phenoxy) is 1. The molecule has 108 valence electrons. The van der Waals surface area contributed by atoms with E-state index in [1.807, 2.05) is 30.5 Å². The van der Waals surface area contributed by atoms with Gasteiger partial charge in [0.1, 0.15) is 5.75 Å². The van der Waals surface area contributed by atoms with Gasteiger partial charge in [0.2, 0.25) is 0 Å². The second-order valence-electron chi connectivity index (χ2n) is 4.92. The molecule has 0 N–H and O–H groups in total. The van der Waals surface area contributed by atoms with E-state index in [9.17, 15) is 0 Å². The first-order chi connectivity index (χ1) is 10.2. The molecule has 2 aromatic carbocycles. The van der Waals surface area contributed by atoms with Crippen LogP contribution < -0.4 is 4.74 Å². The summed E-state index contributed by atoms with van der Waals surface area (Å²) in [6.45, 7) is 2.65. The van der Waals surface area contributed by atoms with E-state index in [4.69, 9.17) is 17.0 Å². The molecule has 0 amide bonds. The fourth-order valence-electron chi connectivity index (χ4n) is 2.12. The highest BCUT2D eigenvalue weighted by molar-refractivity contribution is 7.80. The molecule has 0 aliphatic heterocycles. The van der Waals surface area contributed by atoms with Crippen molar-refractivity contribution in [2.45, 2.75) is 13.3 Å². The van der Waals surface area contributed by atoms with E-state index in [0.717, 1.165) is 22.6 Å². The zero-order valence-corrected chi connectivity index (χ0v) is 13.2. The van der Waals surface area contributed by atoms with Crippen LogP contribution in [0.25, 0.3) is 0 Å². The van der Waals surface area contributed by atoms with Crippen molar-refractivity contribution in [3.63, 3.8) is 0 Å². The molecular weight excluding hydrogens is 278 g/mol. The molecule has 0 atom stereocenters. The van der Waals surface area contributed by atoms with Crippen molar-refractivity contribution in [3.05, 3.63) is 65.2 Å². The fourth-order valence-corrected chi connectivity index (χ4v) is 2.37. The van der Waals surface area contributed by atoms with Crippen LogP contribution >= 0.6 is 12.2 Å². The zero-order chi connectivity index (χ0) is 15.1. The van der Waals surface area contributed by atoms with Crippen LogP contribution in [0.15, 0.2) is 53.5 Å². The van der Waals surface area contributed by atoms with Crippen molar-refractivity contribution in [2.24, 2.45) is 4.99 Å². The molecule has 0 bridgehead atoms. The molecule has 0 fully saturated rings. The molecular formula is C18H19NOS. The Bertz CT molecular complexity index is 649. The standard InChI is InChI=1S/C18H19NOS/c1-14-6-5-7-15(10-14)11-17(21)13-19-12-16-8-3-4-9-18(16)20-2/h3-10,12H,11,13H2,1-2H3. The second-order valence-corrected chi connectivity index (χ2v) is 5.49. The van der Waals surface area contributed by atoms with E-state index in [1.165, 1.54) is 11.1 Å². The summed E-state index contributed by atoms with van der Waals surface area (Å²) >= 11 is 5.41. The molecule has 2 rings (SSSR count). The van der Waals surface area contributed by atoms with E-state index in [0.29, 0.717) is 6.54 Å². The summed E-state index contributed by atoms with van der Waals surface area (Å²) in [5.74, 6) is 0.825. The third-order valence-corrected chi connectivity index (χ3v) is 3.39. The van der Waals surface area contributed by atoms with Gasteiger partial charge < -0.3 is 4.74 Å². The molecule has 0 spiro atoms. The van der Waals surface area contributed by atoms with Gasteiger partial charge in [-0.25, -0.2) is 0 Å². The monoisotopic (exact) mass is 297 g/mol. The molecule has 0 radical (unpaired) electrons. The second kappa shape index (κ2) is 7.70. The van der Waals surface area contributed by atoms with E-state index in [1.54, 1.807) is 7.11 Å². The Morgan fingerprint density at radius 1 is 1.19 bits per heavy atom. The first kappa shape index (κ1) is 15.4.